The van der Waals surface area contributed by atoms with Crippen molar-refractivity contribution in [2.75, 3.05) is 6.54 Å². The van der Waals surface area contributed by atoms with E-state index in [1.165, 1.54) is 17.1 Å². The van der Waals surface area contributed by atoms with Crippen molar-refractivity contribution < 1.29 is 22.7 Å². The van der Waals surface area contributed by atoms with E-state index < -0.39 is 35.1 Å². The van der Waals surface area contributed by atoms with E-state index >= 15 is 0 Å². The zero-order valence-electron chi connectivity index (χ0n) is 16.5. The first kappa shape index (κ1) is 21.6. The van der Waals surface area contributed by atoms with E-state index in [1.54, 1.807) is 44.2 Å². The van der Waals surface area contributed by atoms with Gasteiger partial charge in [-0.3, -0.25) is 4.79 Å². The average Bonchev–Trinajstić information content (AvgIpc) is 2.90. The van der Waals surface area contributed by atoms with Gasteiger partial charge in [0.15, 0.2) is 5.60 Å². The second-order valence-electron chi connectivity index (χ2n) is 8.16. The molecule has 30 heavy (non-hydrogen) atoms. The van der Waals surface area contributed by atoms with Gasteiger partial charge in [-0.25, -0.2) is 0 Å². The molecule has 1 amide bonds. The number of halogens is 3. The first-order valence-corrected chi connectivity index (χ1v) is 9.32. The summed E-state index contributed by atoms with van der Waals surface area (Å²) in [6, 6.07) is 10.4. The van der Waals surface area contributed by atoms with Crippen molar-refractivity contribution in [3.63, 3.8) is 0 Å². The van der Waals surface area contributed by atoms with Crippen molar-refractivity contribution in [3.8, 4) is 12.1 Å². The van der Waals surface area contributed by atoms with Crippen LogP contribution in [0.25, 0.3) is 0 Å². The molecule has 0 radical (unpaired) electrons. The largest absolute Gasteiger partial charge is 0.399 e. The summed E-state index contributed by atoms with van der Waals surface area (Å²) < 4.78 is 46.5. The fraction of sp³-hybridized carbons (Fsp3) is 0.409. The fourth-order valence-corrected chi connectivity index (χ4v) is 3.87. The number of allylic oxidation sites excluding steroid dienone is 2. The molecule has 5 nitrogen and oxygen atoms in total. The maximum atomic E-state index is 13.6. The quantitative estimate of drug-likeness (QED) is 0.748. The highest BCUT2D eigenvalue weighted by molar-refractivity contribution is 5.84. The summed E-state index contributed by atoms with van der Waals surface area (Å²) in [7, 11) is 0. The molecule has 2 aliphatic rings. The summed E-state index contributed by atoms with van der Waals surface area (Å²) in [6.45, 7) is 3.87. The van der Waals surface area contributed by atoms with Crippen LogP contribution < -0.4 is 0 Å². The Morgan fingerprint density at radius 1 is 1.27 bits per heavy atom. The minimum atomic E-state index is -4.71. The number of carbonyl (C=O) groups excluding carboxylic acids is 1. The van der Waals surface area contributed by atoms with Crippen LogP contribution in [0.2, 0.25) is 0 Å². The smallest absolute Gasteiger partial charge is 0.342 e. The molecule has 3 rings (SSSR count). The second-order valence-corrected chi connectivity index (χ2v) is 8.16. The predicted octanol–water partition coefficient (Wildman–Crippen LogP) is 3.88. The summed E-state index contributed by atoms with van der Waals surface area (Å²) in [5.74, 6) is -2.66. The number of hydrogen-bond acceptors (Lipinski definition) is 4. The Bertz CT molecular complexity index is 985. The minimum absolute atomic E-state index is 0.190. The summed E-state index contributed by atoms with van der Waals surface area (Å²) in [6.07, 6.45) is -1.46. The summed E-state index contributed by atoms with van der Waals surface area (Å²) >= 11 is 0. The molecule has 0 N–H and O–H groups in total. The van der Waals surface area contributed by atoms with E-state index in [2.05, 4.69) is 0 Å². The molecule has 1 aromatic carbocycles. The molecule has 1 heterocycles. The van der Waals surface area contributed by atoms with Crippen LogP contribution in [0.5, 0.6) is 0 Å². The fourth-order valence-electron chi connectivity index (χ4n) is 3.87. The van der Waals surface area contributed by atoms with Gasteiger partial charge in [-0.15, -0.1) is 0 Å². The van der Waals surface area contributed by atoms with Crippen molar-refractivity contribution in [3.05, 3.63) is 59.7 Å². The molecular formula is C22H20F3N3O2. The Hall–Kier alpha value is -3.10. The van der Waals surface area contributed by atoms with Gasteiger partial charge in [-0.1, -0.05) is 44.2 Å². The lowest BCUT2D eigenvalue weighted by molar-refractivity contribution is -0.212. The maximum Gasteiger partial charge on any atom is 0.399 e. The average molecular weight is 415 g/mol. The SMILES string of the molecule is CC1(C)CN(Cc2cccc(C#N)c2)C(=O)C1OC1(C#N)C=CC=CC1C(F)(F)F. The van der Waals surface area contributed by atoms with Crippen LogP contribution in [-0.4, -0.2) is 35.2 Å². The van der Waals surface area contributed by atoms with Crippen molar-refractivity contribution in [2.45, 2.75) is 38.3 Å². The lowest BCUT2D eigenvalue weighted by Gasteiger charge is -2.37. The van der Waals surface area contributed by atoms with E-state index in [9.17, 15) is 23.2 Å². The highest BCUT2D eigenvalue weighted by Crippen LogP contribution is 2.44. The maximum absolute atomic E-state index is 13.6. The van der Waals surface area contributed by atoms with Gasteiger partial charge >= 0.3 is 6.18 Å². The molecule has 1 aliphatic heterocycles. The van der Waals surface area contributed by atoms with Crippen LogP contribution in [-0.2, 0) is 16.1 Å². The van der Waals surface area contributed by atoms with Crippen molar-refractivity contribution in [1.29, 1.82) is 10.5 Å². The number of alkyl halides is 3. The molecule has 3 unspecified atom stereocenters. The van der Waals surface area contributed by atoms with Crippen LogP contribution >= 0.6 is 0 Å². The zero-order valence-corrected chi connectivity index (χ0v) is 16.5. The number of ether oxygens (including phenoxy) is 1. The van der Waals surface area contributed by atoms with Crippen molar-refractivity contribution >= 4 is 5.91 Å². The molecule has 1 saturated heterocycles. The highest BCUT2D eigenvalue weighted by Gasteiger charge is 2.58. The molecule has 0 aromatic heterocycles. The van der Waals surface area contributed by atoms with Crippen molar-refractivity contribution in [2.24, 2.45) is 11.3 Å². The Kier molecular flexibility index (Phi) is 5.49. The van der Waals surface area contributed by atoms with Gasteiger partial charge in [-0.05, 0) is 23.8 Å². The molecule has 1 aliphatic carbocycles. The topological polar surface area (TPSA) is 77.1 Å². The third-order valence-corrected chi connectivity index (χ3v) is 5.33. The number of hydrogen-bond donors (Lipinski definition) is 0. The summed E-state index contributed by atoms with van der Waals surface area (Å²) in [5.41, 5.74) is -1.97. The van der Waals surface area contributed by atoms with Gasteiger partial charge < -0.3 is 9.64 Å². The van der Waals surface area contributed by atoms with Crippen LogP contribution in [0, 0.1) is 34.0 Å². The number of benzene rings is 1. The molecule has 0 saturated carbocycles. The van der Waals surface area contributed by atoms with Crippen LogP contribution in [0.4, 0.5) is 13.2 Å². The lowest BCUT2D eigenvalue weighted by atomic mass is 9.82. The van der Waals surface area contributed by atoms with E-state index in [-0.39, 0.29) is 13.1 Å². The van der Waals surface area contributed by atoms with E-state index in [0.717, 1.165) is 17.7 Å². The number of nitriles is 2. The number of amides is 1. The van der Waals surface area contributed by atoms with E-state index in [1.807, 2.05) is 6.07 Å². The van der Waals surface area contributed by atoms with Crippen molar-refractivity contribution in [1.82, 2.24) is 4.90 Å². The van der Waals surface area contributed by atoms with Crippen LogP contribution in [0.3, 0.4) is 0 Å². The Morgan fingerprint density at radius 2 is 2.00 bits per heavy atom. The molecule has 0 bridgehead atoms. The number of nitrogens with zero attached hydrogens (tertiary/aromatic N) is 3. The van der Waals surface area contributed by atoms with Gasteiger partial charge in [0.25, 0.3) is 5.91 Å². The lowest BCUT2D eigenvalue weighted by Crippen LogP contribution is -2.51. The third-order valence-electron chi connectivity index (χ3n) is 5.33. The Morgan fingerprint density at radius 3 is 2.63 bits per heavy atom. The number of likely N-dealkylation sites (tertiary alicyclic amines) is 1. The van der Waals surface area contributed by atoms with Crippen LogP contribution in [0.15, 0.2) is 48.6 Å². The molecule has 8 heteroatoms. The molecule has 0 spiro atoms. The minimum Gasteiger partial charge on any atom is -0.342 e. The van der Waals surface area contributed by atoms with Gasteiger partial charge in [0.2, 0.25) is 0 Å². The number of carbonyl (C=O) groups is 1. The standard InChI is InChI=1S/C22H20F3N3O2/c1-20(2)14-28(12-16-7-5-6-15(10-16)11-26)19(29)18(20)30-21(13-27)9-4-3-8-17(21)22(23,24)25/h3-10,17-18H,12,14H2,1-2H3. The normalized spacial score (nSPS) is 27.7. The molecule has 156 valence electrons. The third kappa shape index (κ3) is 3.96. The molecule has 1 fully saturated rings. The second kappa shape index (κ2) is 7.62. The molecule has 3 atom stereocenters. The highest BCUT2D eigenvalue weighted by atomic mass is 19.4. The number of rotatable bonds is 4. The van der Waals surface area contributed by atoms with E-state index in [0.29, 0.717) is 5.56 Å². The summed E-state index contributed by atoms with van der Waals surface area (Å²) in [5, 5.41) is 18.7. The zero-order chi connectivity index (χ0) is 22.2. The van der Waals surface area contributed by atoms with Gasteiger partial charge in [-0.2, -0.15) is 23.7 Å². The molecule has 1 aromatic rings. The Balaban J connectivity index is 1.87. The Labute approximate surface area is 172 Å². The van der Waals surface area contributed by atoms with Crippen LogP contribution in [0.1, 0.15) is 25.0 Å². The van der Waals surface area contributed by atoms with E-state index in [4.69, 9.17) is 10.00 Å². The predicted molar refractivity (Wildman–Crippen MR) is 101 cm³/mol. The summed E-state index contributed by atoms with van der Waals surface area (Å²) in [4.78, 5) is 14.6. The molecular weight excluding hydrogens is 395 g/mol. The first-order valence-electron chi connectivity index (χ1n) is 9.32. The van der Waals surface area contributed by atoms with Gasteiger partial charge in [0.1, 0.15) is 18.1 Å². The van der Waals surface area contributed by atoms with Gasteiger partial charge in [0.05, 0.1) is 11.6 Å². The monoisotopic (exact) mass is 415 g/mol. The van der Waals surface area contributed by atoms with Gasteiger partial charge in [0, 0.05) is 18.5 Å². The first-order chi connectivity index (χ1) is 14.0.